The molecule has 0 saturated heterocycles. The van der Waals surface area contributed by atoms with Crippen molar-refractivity contribution in [1.29, 1.82) is 0 Å². The van der Waals surface area contributed by atoms with Crippen molar-refractivity contribution in [2.75, 3.05) is 33.4 Å². The largest absolute Gasteiger partial charge is 0.495 e. The fraction of sp³-hybridized carbons (Fsp3) is 0.350. The second-order valence-corrected chi connectivity index (χ2v) is 7.80. The Morgan fingerprint density at radius 1 is 1.03 bits per heavy atom. The molecule has 158 valence electrons. The molecule has 0 aliphatic carbocycles. The normalized spacial score (nSPS) is 11.3. The molecular formula is C20H24FNO6S. The van der Waals surface area contributed by atoms with Gasteiger partial charge in [0.05, 0.1) is 12.7 Å². The number of hydrogen-bond acceptors (Lipinski definition) is 6. The Hall–Kier alpha value is -2.65. The van der Waals surface area contributed by atoms with E-state index in [2.05, 4.69) is 0 Å². The summed E-state index contributed by atoms with van der Waals surface area (Å²) in [5.74, 6) is -0.474. The molecule has 0 N–H and O–H groups in total. The van der Waals surface area contributed by atoms with Crippen molar-refractivity contribution in [2.24, 2.45) is 0 Å². The van der Waals surface area contributed by atoms with Crippen LogP contribution in [-0.4, -0.2) is 52.1 Å². The molecule has 0 aromatic heterocycles. The molecule has 0 fully saturated rings. The zero-order valence-electron chi connectivity index (χ0n) is 16.6. The molecule has 0 unspecified atom stereocenters. The number of esters is 1. The summed E-state index contributed by atoms with van der Waals surface area (Å²) in [5, 5.41) is 0. The van der Waals surface area contributed by atoms with Gasteiger partial charge >= 0.3 is 5.97 Å². The lowest BCUT2D eigenvalue weighted by Gasteiger charge is -2.20. The van der Waals surface area contributed by atoms with Gasteiger partial charge in [-0.1, -0.05) is 13.8 Å². The summed E-state index contributed by atoms with van der Waals surface area (Å²) in [6.07, 6.45) is 0. The minimum absolute atomic E-state index is 0.0552. The zero-order chi connectivity index (χ0) is 21.4. The van der Waals surface area contributed by atoms with Gasteiger partial charge in [-0.05, 0) is 42.5 Å². The van der Waals surface area contributed by atoms with Crippen LogP contribution >= 0.6 is 0 Å². The molecule has 0 aliphatic rings. The molecular weight excluding hydrogens is 401 g/mol. The lowest BCUT2D eigenvalue weighted by molar-refractivity contribution is 0.0450. The first-order chi connectivity index (χ1) is 13.8. The van der Waals surface area contributed by atoms with Crippen molar-refractivity contribution in [2.45, 2.75) is 18.7 Å². The van der Waals surface area contributed by atoms with E-state index in [1.807, 2.05) is 0 Å². The SMILES string of the molecule is CCN(CC)S(=O)(=O)c1cc(C(=O)OCCOc2ccc(F)cc2)ccc1OC. The minimum Gasteiger partial charge on any atom is -0.495 e. The van der Waals surface area contributed by atoms with E-state index in [-0.39, 0.29) is 48.3 Å². The van der Waals surface area contributed by atoms with E-state index in [4.69, 9.17) is 14.2 Å². The van der Waals surface area contributed by atoms with E-state index in [1.165, 1.54) is 53.9 Å². The van der Waals surface area contributed by atoms with Crippen molar-refractivity contribution >= 4 is 16.0 Å². The lowest BCUT2D eigenvalue weighted by atomic mass is 10.2. The first-order valence-electron chi connectivity index (χ1n) is 9.07. The van der Waals surface area contributed by atoms with Crippen LogP contribution in [0.2, 0.25) is 0 Å². The van der Waals surface area contributed by atoms with Crippen LogP contribution in [0, 0.1) is 5.82 Å². The number of sulfonamides is 1. The summed E-state index contributed by atoms with van der Waals surface area (Å²) in [6.45, 7) is 4.05. The number of rotatable bonds is 10. The number of ether oxygens (including phenoxy) is 3. The van der Waals surface area contributed by atoms with Gasteiger partial charge in [0, 0.05) is 13.1 Å². The van der Waals surface area contributed by atoms with Crippen LogP contribution in [0.3, 0.4) is 0 Å². The lowest BCUT2D eigenvalue weighted by Crippen LogP contribution is -2.31. The summed E-state index contributed by atoms with van der Waals surface area (Å²) in [7, 11) is -2.46. The number of carbonyl (C=O) groups excluding carboxylic acids is 1. The standard InChI is InChI=1S/C20H24FNO6S/c1-4-22(5-2)29(24,25)19-14-15(6-11-18(19)26-3)20(23)28-13-12-27-17-9-7-16(21)8-10-17/h6-11,14H,4-5,12-13H2,1-3H3. The molecule has 0 heterocycles. The Kier molecular flexibility index (Phi) is 7.98. The number of benzene rings is 2. The van der Waals surface area contributed by atoms with Gasteiger partial charge in [-0.3, -0.25) is 0 Å². The number of carbonyl (C=O) groups is 1. The summed E-state index contributed by atoms with van der Waals surface area (Å²) in [4.78, 5) is 12.2. The van der Waals surface area contributed by atoms with Gasteiger partial charge in [-0.2, -0.15) is 4.31 Å². The van der Waals surface area contributed by atoms with E-state index >= 15 is 0 Å². The number of hydrogen-bond donors (Lipinski definition) is 0. The molecule has 2 aromatic rings. The maximum Gasteiger partial charge on any atom is 0.338 e. The quantitative estimate of drug-likeness (QED) is 0.430. The molecule has 0 saturated carbocycles. The summed E-state index contributed by atoms with van der Waals surface area (Å²) >= 11 is 0. The molecule has 7 nitrogen and oxygen atoms in total. The molecule has 0 aliphatic heterocycles. The van der Waals surface area contributed by atoms with E-state index < -0.39 is 16.0 Å². The first-order valence-corrected chi connectivity index (χ1v) is 10.5. The topological polar surface area (TPSA) is 82.1 Å². The molecule has 2 rings (SSSR count). The van der Waals surface area contributed by atoms with Crippen LogP contribution in [-0.2, 0) is 14.8 Å². The van der Waals surface area contributed by atoms with Gasteiger partial charge in [0.1, 0.15) is 35.4 Å². The van der Waals surface area contributed by atoms with Crippen molar-refractivity contribution < 1.29 is 31.8 Å². The molecule has 0 amide bonds. The van der Waals surface area contributed by atoms with Crippen LogP contribution in [0.15, 0.2) is 47.4 Å². The third-order valence-electron chi connectivity index (χ3n) is 4.12. The average Bonchev–Trinajstić information content (AvgIpc) is 2.72. The first kappa shape index (κ1) is 22.6. The van der Waals surface area contributed by atoms with Gasteiger partial charge in [0.2, 0.25) is 10.0 Å². The fourth-order valence-electron chi connectivity index (χ4n) is 2.62. The predicted molar refractivity (Wildman–Crippen MR) is 105 cm³/mol. The highest BCUT2D eigenvalue weighted by Crippen LogP contribution is 2.28. The minimum atomic E-state index is -3.82. The van der Waals surface area contributed by atoms with Crippen molar-refractivity contribution in [3.8, 4) is 11.5 Å². The molecule has 0 spiro atoms. The Balaban J connectivity index is 2.07. The molecule has 0 bridgehead atoms. The zero-order valence-corrected chi connectivity index (χ0v) is 17.4. The van der Waals surface area contributed by atoms with Crippen molar-refractivity contribution in [3.63, 3.8) is 0 Å². The summed E-state index contributed by atoms with van der Waals surface area (Å²) < 4.78 is 55.5. The Bertz CT molecular complexity index is 926. The van der Waals surface area contributed by atoms with Gasteiger partial charge in [0.15, 0.2) is 0 Å². The van der Waals surface area contributed by atoms with Gasteiger partial charge in [0.25, 0.3) is 0 Å². The maximum absolute atomic E-state index is 12.9. The molecule has 0 atom stereocenters. The smallest absolute Gasteiger partial charge is 0.338 e. The summed E-state index contributed by atoms with van der Waals surface area (Å²) in [5.41, 5.74) is 0.0818. The number of methoxy groups -OCH3 is 1. The highest BCUT2D eigenvalue weighted by Gasteiger charge is 2.27. The molecule has 0 radical (unpaired) electrons. The van der Waals surface area contributed by atoms with Crippen molar-refractivity contribution in [3.05, 3.63) is 53.8 Å². The molecule has 9 heteroatoms. The Morgan fingerprint density at radius 3 is 2.28 bits per heavy atom. The second-order valence-electron chi connectivity index (χ2n) is 5.89. The fourth-order valence-corrected chi connectivity index (χ4v) is 4.26. The predicted octanol–water partition coefficient (Wildman–Crippen LogP) is 3.10. The van der Waals surface area contributed by atoms with Crippen LogP contribution in [0.1, 0.15) is 24.2 Å². The number of nitrogens with zero attached hydrogens (tertiary/aromatic N) is 1. The van der Waals surface area contributed by atoms with Gasteiger partial charge in [-0.25, -0.2) is 17.6 Å². The van der Waals surface area contributed by atoms with Gasteiger partial charge in [-0.15, -0.1) is 0 Å². The average molecular weight is 425 g/mol. The van der Waals surface area contributed by atoms with Crippen molar-refractivity contribution in [1.82, 2.24) is 4.31 Å². The maximum atomic E-state index is 12.9. The highest BCUT2D eigenvalue weighted by atomic mass is 32.2. The number of halogens is 1. The molecule has 29 heavy (non-hydrogen) atoms. The second kappa shape index (κ2) is 10.2. The monoisotopic (exact) mass is 425 g/mol. The van der Waals surface area contributed by atoms with E-state index in [0.29, 0.717) is 5.75 Å². The summed E-state index contributed by atoms with van der Waals surface area (Å²) in [6, 6.07) is 9.55. The van der Waals surface area contributed by atoms with Gasteiger partial charge < -0.3 is 14.2 Å². The third kappa shape index (κ3) is 5.68. The van der Waals surface area contributed by atoms with Crippen LogP contribution in [0.5, 0.6) is 11.5 Å². The van der Waals surface area contributed by atoms with E-state index in [1.54, 1.807) is 13.8 Å². The third-order valence-corrected chi connectivity index (χ3v) is 6.19. The van der Waals surface area contributed by atoms with E-state index in [0.717, 1.165) is 0 Å². The van der Waals surface area contributed by atoms with Crippen LogP contribution in [0.4, 0.5) is 4.39 Å². The van der Waals surface area contributed by atoms with E-state index in [9.17, 15) is 17.6 Å². The van der Waals surface area contributed by atoms with Crippen LogP contribution < -0.4 is 9.47 Å². The Labute approximate surface area is 170 Å². The Morgan fingerprint density at radius 2 is 1.69 bits per heavy atom. The van der Waals surface area contributed by atoms with Crippen LogP contribution in [0.25, 0.3) is 0 Å². The highest BCUT2D eigenvalue weighted by molar-refractivity contribution is 7.89. The molecule has 2 aromatic carbocycles.